The highest BCUT2D eigenvalue weighted by Crippen LogP contribution is 2.63. The maximum atomic E-state index is 5.14. The van der Waals surface area contributed by atoms with E-state index in [9.17, 15) is 0 Å². The van der Waals surface area contributed by atoms with Crippen molar-refractivity contribution in [2.75, 3.05) is 14.7 Å². The van der Waals surface area contributed by atoms with Gasteiger partial charge >= 0.3 is 0 Å². The summed E-state index contributed by atoms with van der Waals surface area (Å²) in [5, 5.41) is 0. The van der Waals surface area contributed by atoms with Crippen LogP contribution in [0.4, 0.5) is 45.5 Å². The molecule has 6 heteroatoms. The maximum absolute atomic E-state index is 5.14. The van der Waals surface area contributed by atoms with Gasteiger partial charge in [-0.2, -0.15) is 0 Å². The molecule has 0 bridgehead atoms. The van der Waals surface area contributed by atoms with Gasteiger partial charge in [0.25, 0.3) is 6.71 Å². The van der Waals surface area contributed by atoms with Crippen molar-refractivity contribution in [2.24, 2.45) is 0 Å². The number of anilines is 8. The number of aromatic nitrogens is 2. The average Bonchev–Trinajstić information content (AvgIpc) is 4.13. The minimum Gasteiger partial charge on any atom is -0.361 e. The number of hydrogen-bond donors (Lipinski definition) is 1. The second-order valence-corrected chi connectivity index (χ2v) is 25.6. The van der Waals surface area contributed by atoms with Crippen LogP contribution in [0.1, 0.15) is 123 Å². The van der Waals surface area contributed by atoms with Crippen molar-refractivity contribution in [3.63, 3.8) is 0 Å². The van der Waals surface area contributed by atoms with Gasteiger partial charge in [0.1, 0.15) is 0 Å². The standard InChI is InChI=1S/C70H68BN5/c1-66(2,3)46-30-33-56(49(40-46)54-25-14-17-37-72-54)74-59-27-18-23-51-63(59)71-64-52(68(51,7)8)24-19-28-60(64)75(57-34-31-47(67(4,5)6)41-50(57)55-26-20-38-73-55)62-43-48(42-61(74)65(62)71)76-58-32-29-45(44-21-12-11-13-22-44)39-53(58)69(9)35-15-16-36-70(69,76)10/h11-14,17-34,37-43,73H,15-16,35-36H2,1-10H3. The lowest BCUT2D eigenvalue weighted by Gasteiger charge is -2.52. The van der Waals surface area contributed by atoms with Crippen LogP contribution in [0.5, 0.6) is 0 Å². The van der Waals surface area contributed by atoms with E-state index in [1.54, 1.807) is 0 Å². The molecule has 376 valence electrons. The van der Waals surface area contributed by atoms with Crippen molar-refractivity contribution in [3.8, 4) is 33.6 Å². The highest BCUT2D eigenvalue weighted by Gasteiger charge is 2.59. The molecule has 5 nitrogen and oxygen atoms in total. The van der Waals surface area contributed by atoms with Crippen molar-refractivity contribution in [2.45, 2.75) is 122 Å². The summed E-state index contributed by atoms with van der Waals surface area (Å²) in [6, 6.07) is 63.1. The predicted octanol–water partition coefficient (Wildman–Crippen LogP) is 16.5. The van der Waals surface area contributed by atoms with Crippen molar-refractivity contribution in [1.29, 1.82) is 0 Å². The Balaban J connectivity index is 1.13. The zero-order chi connectivity index (χ0) is 52.3. The number of nitrogens with one attached hydrogen (secondary N) is 1. The van der Waals surface area contributed by atoms with Crippen LogP contribution in [0, 0.1) is 0 Å². The lowest BCUT2D eigenvalue weighted by Crippen LogP contribution is -2.67. The van der Waals surface area contributed by atoms with Gasteiger partial charge in [0, 0.05) is 74.2 Å². The smallest absolute Gasteiger partial charge is 0.252 e. The molecule has 1 aliphatic carbocycles. The lowest BCUT2D eigenvalue weighted by atomic mass is 9.28. The number of rotatable bonds is 6. The summed E-state index contributed by atoms with van der Waals surface area (Å²) in [5.74, 6) is 0. The maximum Gasteiger partial charge on any atom is 0.252 e. The Labute approximate surface area is 450 Å². The molecular weight excluding hydrogens is 922 g/mol. The Morgan fingerprint density at radius 2 is 1.09 bits per heavy atom. The Kier molecular flexibility index (Phi) is 10.0. The summed E-state index contributed by atoms with van der Waals surface area (Å²) in [4.78, 5) is 17.0. The summed E-state index contributed by atoms with van der Waals surface area (Å²) in [7, 11) is 0. The van der Waals surface area contributed by atoms with Gasteiger partial charge in [0.15, 0.2) is 0 Å². The third kappa shape index (κ3) is 6.55. The summed E-state index contributed by atoms with van der Waals surface area (Å²) in [5.41, 5.74) is 27.0. The molecule has 1 fully saturated rings. The first-order valence-electron chi connectivity index (χ1n) is 27.9. The van der Waals surface area contributed by atoms with Crippen LogP contribution in [-0.2, 0) is 21.7 Å². The minimum atomic E-state index is -0.282. The molecule has 2 unspecified atom stereocenters. The summed E-state index contributed by atoms with van der Waals surface area (Å²) in [6.45, 7) is 24.0. The SMILES string of the molecule is CC(C)(C)c1ccc(N2c3cc(N4c5ccc(-c6ccccc6)cc5C5(C)CCCCC45C)cc4c3B3c5c2cccc5C(C)(C)c2cccc(c23)N4c2ccc(C(C)(C)C)cc2-c2ccc[nH]2)c(-c2ccccn2)c1. The number of fused-ring (bicyclic) bond motifs is 3. The van der Waals surface area contributed by atoms with Crippen molar-refractivity contribution >= 4 is 68.6 Å². The third-order valence-electron chi connectivity index (χ3n) is 19.0. The molecule has 5 aliphatic rings. The molecule has 14 rings (SSSR count). The van der Waals surface area contributed by atoms with Crippen LogP contribution < -0.4 is 31.1 Å². The lowest BCUT2D eigenvalue weighted by molar-refractivity contribution is 0.195. The Morgan fingerprint density at radius 1 is 0.487 bits per heavy atom. The Hall–Kier alpha value is -7.57. The number of pyridine rings is 1. The molecule has 7 aromatic carbocycles. The second-order valence-electron chi connectivity index (χ2n) is 25.6. The van der Waals surface area contributed by atoms with E-state index in [1.165, 1.54) is 114 Å². The van der Waals surface area contributed by atoms with Gasteiger partial charge in [0.05, 0.1) is 22.6 Å². The van der Waals surface area contributed by atoms with Gasteiger partial charge in [-0.25, -0.2) is 0 Å². The topological polar surface area (TPSA) is 38.4 Å². The van der Waals surface area contributed by atoms with Crippen LogP contribution in [0.25, 0.3) is 33.6 Å². The first kappa shape index (κ1) is 46.9. The van der Waals surface area contributed by atoms with E-state index >= 15 is 0 Å². The van der Waals surface area contributed by atoms with E-state index in [0.717, 1.165) is 35.5 Å². The molecule has 0 saturated heterocycles. The van der Waals surface area contributed by atoms with Crippen LogP contribution in [-0.4, -0.2) is 22.2 Å². The fourth-order valence-electron chi connectivity index (χ4n) is 14.7. The summed E-state index contributed by atoms with van der Waals surface area (Å²) in [6.07, 6.45) is 8.66. The predicted molar refractivity (Wildman–Crippen MR) is 321 cm³/mol. The molecule has 0 spiro atoms. The van der Waals surface area contributed by atoms with E-state index in [-0.39, 0.29) is 33.9 Å². The molecule has 9 aromatic rings. The number of H-pyrrole nitrogens is 1. The van der Waals surface area contributed by atoms with Crippen molar-refractivity contribution < 1.29 is 0 Å². The highest BCUT2D eigenvalue weighted by molar-refractivity contribution is 7.01. The molecule has 2 atom stereocenters. The molecule has 2 aromatic heterocycles. The molecule has 1 saturated carbocycles. The first-order chi connectivity index (χ1) is 36.5. The number of aromatic amines is 1. The summed E-state index contributed by atoms with van der Waals surface area (Å²) < 4.78 is 0. The van der Waals surface area contributed by atoms with Gasteiger partial charge in [0.2, 0.25) is 0 Å². The largest absolute Gasteiger partial charge is 0.361 e. The van der Waals surface area contributed by atoms with E-state index in [1.807, 2.05) is 12.3 Å². The van der Waals surface area contributed by atoms with Gasteiger partial charge in [-0.1, -0.05) is 154 Å². The van der Waals surface area contributed by atoms with Crippen molar-refractivity contribution in [3.05, 3.63) is 204 Å². The van der Waals surface area contributed by atoms with Gasteiger partial charge in [-0.3, -0.25) is 4.98 Å². The van der Waals surface area contributed by atoms with Gasteiger partial charge in [-0.05, 0) is 171 Å². The molecule has 76 heavy (non-hydrogen) atoms. The fourth-order valence-corrected chi connectivity index (χ4v) is 14.7. The second kappa shape index (κ2) is 16.2. The van der Waals surface area contributed by atoms with Gasteiger partial charge < -0.3 is 19.7 Å². The van der Waals surface area contributed by atoms with E-state index in [4.69, 9.17) is 4.98 Å². The molecule has 0 amide bonds. The van der Waals surface area contributed by atoms with Crippen LogP contribution in [0.15, 0.2) is 176 Å². The molecule has 6 heterocycles. The molecular formula is C70H68BN5. The zero-order valence-corrected chi connectivity index (χ0v) is 45.9. The number of hydrogen-bond acceptors (Lipinski definition) is 4. The minimum absolute atomic E-state index is 0.00161. The van der Waals surface area contributed by atoms with Gasteiger partial charge in [-0.15, -0.1) is 0 Å². The normalized spacial score (nSPS) is 19.6. The van der Waals surface area contributed by atoms with Crippen LogP contribution in [0.3, 0.4) is 0 Å². The van der Waals surface area contributed by atoms with E-state index in [0.29, 0.717) is 0 Å². The highest BCUT2D eigenvalue weighted by atomic mass is 15.3. The summed E-state index contributed by atoms with van der Waals surface area (Å²) >= 11 is 0. The van der Waals surface area contributed by atoms with E-state index in [2.05, 4.69) is 253 Å². The van der Waals surface area contributed by atoms with E-state index < -0.39 is 0 Å². The quantitative estimate of drug-likeness (QED) is 0.169. The van der Waals surface area contributed by atoms with Crippen molar-refractivity contribution in [1.82, 2.24) is 9.97 Å². The van der Waals surface area contributed by atoms with Crippen LogP contribution in [0.2, 0.25) is 0 Å². The monoisotopic (exact) mass is 990 g/mol. The number of benzene rings is 7. The first-order valence-corrected chi connectivity index (χ1v) is 27.9. The zero-order valence-electron chi connectivity index (χ0n) is 45.9. The Morgan fingerprint density at radius 3 is 1.70 bits per heavy atom. The molecule has 4 aliphatic heterocycles. The number of nitrogens with zero attached hydrogens (tertiary/aromatic N) is 4. The molecule has 1 N–H and O–H groups in total. The average molecular weight is 990 g/mol. The Bertz CT molecular complexity index is 3820. The fraction of sp³-hybridized carbons (Fsp3) is 0.271. The third-order valence-corrected chi connectivity index (χ3v) is 19.0. The van der Waals surface area contributed by atoms with Crippen LogP contribution >= 0.6 is 0 Å². The molecule has 0 radical (unpaired) electrons.